The minimum atomic E-state index is -0.588. The third kappa shape index (κ3) is 4.64. The zero-order valence-corrected chi connectivity index (χ0v) is 11.9. The van der Waals surface area contributed by atoms with Gasteiger partial charge in [0.05, 0.1) is 12.6 Å². The summed E-state index contributed by atoms with van der Waals surface area (Å²) in [4.78, 5) is 15.8. The number of nitrogens with one attached hydrogen (secondary N) is 1. The maximum absolute atomic E-state index is 11.8. The SMILES string of the molecule is Cc1nc(CNC(=O)C(N)Cc2ccccc2)no1.Cl. The maximum atomic E-state index is 11.8. The number of carbonyl (C=O) groups is 1. The molecule has 0 fully saturated rings. The van der Waals surface area contributed by atoms with Crippen molar-refractivity contribution in [1.29, 1.82) is 0 Å². The van der Waals surface area contributed by atoms with E-state index in [0.717, 1.165) is 5.56 Å². The number of benzene rings is 1. The van der Waals surface area contributed by atoms with E-state index in [1.807, 2.05) is 30.3 Å². The van der Waals surface area contributed by atoms with Gasteiger partial charge in [-0.3, -0.25) is 4.79 Å². The lowest BCUT2D eigenvalue weighted by Crippen LogP contribution is -2.41. The summed E-state index contributed by atoms with van der Waals surface area (Å²) in [6.07, 6.45) is 0.498. The van der Waals surface area contributed by atoms with Crippen molar-refractivity contribution in [2.75, 3.05) is 0 Å². The van der Waals surface area contributed by atoms with E-state index in [-0.39, 0.29) is 24.9 Å². The van der Waals surface area contributed by atoms with E-state index in [4.69, 9.17) is 10.3 Å². The standard InChI is InChI=1S/C13H16N4O2.ClH/c1-9-16-12(17-19-9)8-15-13(18)11(14)7-10-5-3-2-4-6-10;/h2-6,11H,7-8,14H2,1H3,(H,15,18);1H. The molecule has 1 unspecified atom stereocenters. The van der Waals surface area contributed by atoms with Crippen molar-refractivity contribution in [3.05, 3.63) is 47.6 Å². The van der Waals surface area contributed by atoms with E-state index in [1.165, 1.54) is 0 Å². The third-order valence-electron chi connectivity index (χ3n) is 2.63. The highest BCUT2D eigenvalue weighted by Gasteiger charge is 2.14. The van der Waals surface area contributed by atoms with Crippen LogP contribution < -0.4 is 11.1 Å². The van der Waals surface area contributed by atoms with Gasteiger partial charge in [0, 0.05) is 6.92 Å². The van der Waals surface area contributed by atoms with Crippen LogP contribution in [0, 0.1) is 6.92 Å². The minimum absolute atomic E-state index is 0. The van der Waals surface area contributed by atoms with Gasteiger partial charge >= 0.3 is 0 Å². The summed E-state index contributed by atoms with van der Waals surface area (Å²) >= 11 is 0. The topological polar surface area (TPSA) is 94.0 Å². The Balaban J connectivity index is 0.00000200. The highest BCUT2D eigenvalue weighted by Crippen LogP contribution is 2.02. The number of aromatic nitrogens is 2. The number of nitrogens with two attached hydrogens (primary N) is 1. The Morgan fingerprint density at radius 1 is 1.40 bits per heavy atom. The molecule has 1 heterocycles. The van der Waals surface area contributed by atoms with E-state index >= 15 is 0 Å². The smallest absolute Gasteiger partial charge is 0.237 e. The number of aryl methyl sites for hydroxylation is 1. The Hall–Kier alpha value is -1.92. The quantitative estimate of drug-likeness (QED) is 0.858. The molecule has 0 spiro atoms. The summed E-state index contributed by atoms with van der Waals surface area (Å²) < 4.78 is 4.81. The number of amides is 1. The number of nitrogens with zero attached hydrogens (tertiary/aromatic N) is 2. The van der Waals surface area contributed by atoms with Gasteiger partial charge in [-0.1, -0.05) is 35.5 Å². The second kappa shape index (κ2) is 7.62. The average Bonchev–Trinajstić information content (AvgIpc) is 2.83. The molecule has 20 heavy (non-hydrogen) atoms. The minimum Gasteiger partial charge on any atom is -0.347 e. The Morgan fingerprint density at radius 2 is 2.10 bits per heavy atom. The van der Waals surface area contributed by atoms with Gasteiger partial charge in [-0.2, -0.15) is 4.98 Å². The van der Waals surface area contributed by atoms with E-state index in [0.29, 0.717) is 18.1 Å². The molecule has 108 valence electrons. The molecule has 0 radical (unpaired) electrons. The first-order valence-electron chi connectivity index (χ1n) is 6.01. The number of carbonyl (C=O) groups excluding carboxylic acids is 1. The highest BCUT2D eigenvalue weighted by atomic mass is 35.5. The molecule has 2 rings (SSSR count). The predicted molar refractivity (Wildman–Crippen MR) is 76.3 cm³/mol. The van der Waals surface area contributed by atoms with Crippen LogP contribution >= 0.6 is 12.4 Å². The van der Waals surface area contributed by atoms with Crippen LogP contribution in [0.1, 0.15) is 17.3 Å². The Morgan fingerprint density at radius 3 is 2.70 bits per heavy atom. The molecular formula is C13H17ClN4O2. The summed E-state index contributed by atoms with van der Waals surface area (Å²) in [6, 6.07) is 9.05. The fourth-order valence-corrected chi connectivity index (χ4v) is 1.67. The van der Waals surface area contributed by atoms with Crippen molar-refractivity contribution < 1.29 is 9.32 Å². The normalized spacial score (nSPS) is 11.5. The van der Waals surface area contributed by atoms with Gasteiger partial charge in [0.1, 0.15) is 0 Å². The molecular weight excluding hydrogens is 280 g/mol. The van der Waals surface area contributed by atoms with E-state index in [1.54, 1.807) is 6.92 Å². The fraction of sp³-hybridized carbons (Fsp3) is 0.308. The average molecular weight is 297 g/mol. The third-order valence-corrected chi connectivity index (χ3v) is 2.63. The van der Waals surface area contributed by atoms with Crippen molar-refractivity contribution in [3.63, 3.8) is 0 Å². The van der Waals surface area contributed by atoms with Gasteiger partial charge in [-0.25, -0.2) is 0 Å². The van der Waals surface area contributed by atoms with E-state index in [9.17, 15) is 4.79 Å². The molecule has 0 saturated heterocycles. The van der Waals surface area contributed by atoms with Crippen molar-refractivity contribution in [1.82, 2.24) is 15.5 Å². The van der Waals surface area contributed by atoms with Gasteiger partial charge in [-0.05, 0) is 12.0 Å². The van der Waals surface area contributed by atoms with E-state index < -0.39 is 6.04 Å². The molecule has 7 heteroatoms. The van der Waals surface area contributed by atoms with Crippen molar-refractivity contribution in [3.8, 4) is 0 Å². The molecule has 0 saturated carbocycles. The Labute approximate surface area is 123 Å². The van der Waals surface area contributed by atoms with Crippen LogP contribution in [0.4, 0.5) is 0 Å². The first-order valence-corrected chi connectivity index (χ1v) is 6.01. The van der Waals surface area contributed by atoms with Gasteiger partial charge < -0.3 is 15.6 Å². The van der Waals surface area contributed by atoms with Crippen LogP contribution in [0.3, 0.4) is 0 Å². The highest BCUT2D eigenvalue weighted by molar-refractivity contribution is 5.85. The predicted octanol–water partition coefficient (Wildman–Crippen LogP) is 0.986. The molecule has 6 nitrogen and oxygen atoms in total. The van der Waals surface area contributed by atoms with Crippen LogP contribution in [0.2, 0.25) is 0 Å². The Bertz CT molecular complexity index is 544. The van der Waals surface area contributed by atoms with Crippen molar-refractivity contribution in [2.24, 2.45) is 5.73 Å². The number of halogens is 1. The fourth-order valence-electron chi connectivity index (χ4n) is 1.67. The van der Waals surface area contributed by atoms with Crippen LogP contribution in [-0.2, 0) is 17.8 Å². The number of hydrogen-bond acceptors (Lipinski definition) is 5. The van der Waals surface area contributed by atoms with Crippen molar-refractivity contribution >= 4 is 18.3 Å². The molecule has 1 amide bonds. The van der Waals surface area contributed by atoms with Gasteiger partial charge in [0.2, 0.25) is 11.8 Å². The Kier molecular flexibility index (Phi) is 6.14. The lowest BCUT2D eigenvalue weighted by molar-refractivity contribution is -0.122. The number of rotatable bonds is 5. The summed E-state index contributed by atoms with van der Waals surface area (Å²) in [5.74, 6) is 0.682. The molecule has 2 aromatic rings. The van der Waals surface area contributed by atoms with Gasteiger partial charge in [-0.15, -0.1) is 12.4 Å². The monoisotopic (exact) mass is 296 g/mol. The first kappa shape index (κ1) is 16.1. The molecule has 3 N–H and O–H groups in total. The van der Waals surface area contributed by atoms with Gasteiger partial charge in [0.15, 0.2) is 5.82 Å². The second-order valence-electron chi connectivity index (χ2n) is 4.24. The van der Waals surface area contributed by atoms with Crippen LogP contribution in [0.5, 0.6) is 0 Å². The molecule has 0 aliphatic carbocycles. The summed E-state index contributed by atoms with van der Waals surface area (Å²) in [6.45, 7) is 1.91. The second-order valence-corrected chi connectivity index (χ2v) is 4.24. The summed E-state index contributed by atoms with van der Waals surface area (Å²) in [5.41, 5.74) is 6.87. The van der Waals surface area contributed by atoms with Gasteiger partial charge in [0.25, 0.3) is 0 Å². The van der Waals surface area contributed by atoms with Crippen LogP contribution in [-0.4, -0.2) is 22.1 Å². The maximum Gasteiger partial charge on any atom is 0.237 e. The summed E-state index contributed by atoms with van der Waals surface area (Å²) in [7, 11) is 0. The number of hydrogen-bond donors (Lipinski definition) is 2. The summed E-state index contributed by atoms with van der Waals surface area (Å²) in [5, 5.41) is 6.37. The first-order chi connectivity index (χ1) is 9.15. The molecule has 1 atom stereocenters. The lowest BCUT2D eigenvalue weighted by Gasteiger charge is -2.11. The van der Waals surface area contributed by atoms with E-state index in [2.05, 4.69) is 15.5 Å². The molecule has 0 aliphatic rings. The van der Waals surface area contributed by atoms with Crippen LogP contribution in [0.25, 0.3) is 0 Å². The molecule has 1 aromatic heterocycles. The lowest BCUT2D eigenvalue weighted by atomic mass is 10.1. The zero-order chi connectivity index (χ0) is 13.7. The molecule has 1 aromatic carbocycles. The molecule has 0 aliphatic heterocycles. The largest absolute Gasteiger partial charge is 0.347 e. The molecule has 0 bridgehead atoms. The van der Waals surface area contributed by atoms with Crippen molar-refractivity contribution in [2.45, 2.75) is 25.9 Å². The van der Waals surface area contributed by atoms with Crippen LogP contribution in [0.15, 0.2) is 34.9 Å². The zero-order valence-electron chi connectivity index (χ0n) is 11.1.